The smallest absolute Gasteiger partial charge is 0.339 e. The fourth-order valence-corrected chi connectivity index (χ4v) is 3.42. The summed E-state index contributed by atoms with van der Waals surface area (Å²) in [6, 6.07) is 10.7. The van der Waals surface area contributed by atoms with Crippen molar-refractivity contribution in [3.8, 4) is 5.75 Å². The monoisotopic (exact) mass is 413 g/mol. The normalized spacial score (nSPS) is 12.7. The minimum Gasteiger partial charge on any atom is -0.379 e. The maximum Gasteiger partial charge on any atom is 0.339 e. The van der Waals surface area contributed by atoms with Crippen LogP contribution in [0.5, 0.6) is 5.75 Å². The largest absolute Gasteiger partial charge is 0.379 e. The molecule has 2 aromatic rings. The van der Waals surface area contributed by atoms with Crippen LogP contribution in [0.1, 0.15) is 26.3 Å². The Kier molecular flexibility index (Phi) is 6.84. The summed E-state index contributed by atoms with van der Waals surface area (Å²) in [6.45, 7) is 5.75. The van der Waals surface area contributed by atoms with E-state index < -0.39 is 21.3 Å². The van der Waals surface area contributed by atoms with Gasteiger partial charge in [-0.15, -0.1) is 11.6 Å². The van der Waals surface area contributed by atoms with Crippen LogP contribution in [0.25, 0.3) is 0 Å². The van der Waals surface area contributed by atoms with Crippen LogP contribution in [0.4, 0.5) is 4.39 Å². The standard InChI is InChI=1S/C19H21ClFNO4S/c1-13(2)22(19(23)14(3)20)12-15-4-8-17(9-5-15)26-27(24,25)18-10-6-16(21)7-11-18/h4-11,13-14H,12H2,1-3H3/t14-/m0/s1. The quantitative estimate of drug-likeness (QED) is 0.509. The average Bonchev–Trinajstić information content (AvgIpc) is 2.60. The van der Waals surface area contributed by atoms with Gasteiger partial charge in [0.1, 0.15) is 21.8 Å². The summed E-state index contributed by atoms with van der Waals surface area (Å²) in [4.78, 5) is 13.7. The van der Waals surface area contributed by atoms with E-state index >= 15 is 0 Å². The maximum atomic E-state index is 12.9. The van der Waals surface area contributed by atoms with Crippen LogP contribution in [0, 0.1) is 5.82 Å². The molecule has 0 spiro atoms. The van der Waals surface area contributed by atoms with Crippen LogP contribution in [-0.2, 0) is 21.5 Å². The van der Waals surface area contributed by atoms with Crippen LogP contribution in [0.2, 0.25) is 0 Å². The third kappa shape index (κ3) is 5.68. The summed E-state index contributed by atoms with van der Waals surface area (Å²) in [7, 11) is -4.05. The van der Waals surface area contributed by atoms with Gasteiger partial charge in [-0.05, 0) is 62.7 Å². The van der Waals surface area contributed by atoms with Gasteiger partial charge in [0.25, 0.3) is 0 Å². The van der Waals surface area contributed by atoms with Gasteiger partial charge >= 0.3 is 10.1 Å². The van der Waals surface area contributed by atoms with E-state index in [2.05, 4.69) is 0 Å². The van der Waals surface area contributed by atoms with Crippen molar-refractivity contribution in [2.75, 3.05) is 0 Å². The first kappa shape index (κ1) is 21.2. The number of hydrogen-bond acceptors (Lipinski definition) is 4. The number of amides is 1. The predicted octanol–water partition coefficient (Wildman–Crippen LogP) is 3.96. The van der Waals surface area contributed by atoms with Gasteiger partial charge in [-0.25, -0.2) is 4.39 Å². The number of alkyl halides is 1. The topological polar surface area (TPSA) is 63.7 Å². The van der Waals surface area contributed by atoms with Crippen molar-refractivity contribution in [2.24, 2.45) is 0 Å². The molecule has 0 saturated carbocycles. The van der Waals surface area contributed by atoms with Crippen molar-refractivity contribution in [1.29, 1.82) is 0 Å². The van der Waals surface area contributed by atoms with E-state index in [1.807, 2.05) is 13.8 Å². The Labute approximate surface area is 163 Å². The van der Waals surface area contributed by atoms with Crippen molar-refractivity contribution in [1.82, 2.24) is 4.90 Å². The number of rotatable bonds is 7. The van der Waals surface area contributed by atoms with Crippen LogP contribution in [0.15, 0.2) is 53.4 Å². The first-order valence-corrected chi connectivity index (χ1v) is 10.2. The number of nitrogens with zero attached hydrogens (tertiary/aromatic N) is 1. The molecule has 0 radical (unpaired) electrons. The molecule has 2 aromatic carbocycles. The summed E-state index contributed by atoms with van der Waals surface area (Å²) >= 11 is 5.90. The van der Waals surface area contributed by atoms with Gasteiger partial charge in [0.2, 0.25) is 5.91 Å². The number of benzene rings is 2. The maximum absolute atomic E-state index is 12.9. The van der Waals surface area contributed by atoms with Gasteiger partial charge in [0, 0.05) is 12.6 Å². The van der Waals surface area contributed by atoms with Crippen LogP contribution >= 0.6 is 11.6 Å². The highest BCUT2D eigenvalue weighted by atomic mass is 35.5. The van der Waals surface area contributed by atoms with Crippen molar-refractivity contribution < 1.29 is 21.8 Å². The highest BCUT2D eigenvalue weighted by Crippen LogP contribution is 2.21. The molecule has 1 atom stereocenters. The van der Waals surface area contributed by atoms with Gasteiger partial charge in [0.05, 0.1) is 0 Å². The van der Waals surface area contributed by atoms with Gasteiger partial charge in [0.15, 0.2) is 0 Å². The lowest BCUT2D eigenvalue weighted by molar-refractivity contribution is -0.132. The van der Waals surface area contributed by atoms with Gasteiger partial charge in [-0.3, -0.25) is 4.79 Å². The molecule has 8 heteroatoms. The fourth-order valence-electron chi connectivity index (χ4n) is 2.37. The lowest BCUT2D eigenvalue weighted by atomic mass is 10.1. The molecular formula is C19H21ClFNO4S. The first-order valence-electron chi connectivity index (χ1n) is 8.33. The Morgan fingerprint density at radius 3 is 2.11 bits per heavy atom. The lowest BCUT2D eigenvalue weighted by Crippen LogP contribution is -2.40. The second-order valence-corrected chi connectivity index (χ2v) is 8.51. The van der Waals surface area contributed by atoms with Crippen LogP contribution in [-0.4, -0.2) is 30.6 Å². The van der Waals surface area contributed by atoms with Gasteiger partial charge < -0.3 is 9.08 Å². The summed E-state index contributed by atoms with van der Waals surface area (Å²) < 4.78 is 42.4. The number of carbonyl (C=O) groups is 1. The molecule has 0 heterocycles. The molecule has 5 nitrogen and oxygen atoms in total. The third-order valence-electron chi connectivity index (χ3n) is 3.83. The summed E-state index contributed by atoms with van der Waals surface area (Å²) in [5.41, 5.74) is 0.806. The van der Waals surface area contributed by atoms with E-state index in [0.717, 1.165) is 29.8 Å². The van der Waals surface area contributed by atoms with E-state index in [4.69, 9.17) is 15.8 Å². The number of halogens is 2. The molecule has 0 bridgehead atoms. The first-order chi connectivity index (χ1) is 12.6. The zero-order chi connectivity index (χ0) is 20.2. The molecule has 0 aliphatic carbocycles. The predicted molar refractivity (Wildman–Crippen MR) is 102 cm³/mol. The molecular weight excluding hydrogens is 393 g/mol. The van der Waals surface area contributed by atoms with Crippen LogP contribution in [0.3, 0.4) is 0 Å². The van der Waals surface area contributed by atoms with E-state index in [9.17, 15) is 17.6 Å². The molecule has 0 fully saturated rings. The van der Waals surface area contributed by atoms with E-state index in [0.29, 0.717) is 6.54 Å². The molecule has 27 heavy (non-hydrogen) atoms. The Balaban J connectivity index is 2.12. The number of hydrogen-bond donors (Lipinski definition) is 0. The summed E-state index contributed by atoms with van der Waals surface area (Å²) in [6.07, 6.45) is 0. The minimum absolute atomic E-state index is 0.0338. The molecule has 0 N–H and O–H groups in total. The molecule has 0 aromatic heterocycles. The van der Waals surface area contributed by atoms with E-state index in [1.54, 1.807) is 24.0 Å². The fraction of sp³-hybridized carbons (Fsp3) is 0.316. The highest BCUT2D eigenvalue weighted by molar-refractivity contribution is 7.87. The molecule has 2 rings (SSSR count). The summed E-state index contributed by atoms with van der Waals surface area (Å²) in [5, 5.41) is -0.629. The third-order valence-corrected chi connectivity index (χ3v) is 5.28. The Bertz CT molecular complexity index is 881. The van der Waals surface area contributed by atoms with Crippen molar-refractivity contribution >= 4 is 27.6 Å². The number of carbonyl (C=O) groups excluding carboxylic acids is 1. The zero-order valence-electron chi connectivity index (χ0n) is 15.2. The van der Waals surface area contributed by atoms with Gasteiger partial charge in [-0.2, -0.15) is 8.42 Å². The Morgan fingerprint density at radius 1 is 1.07 bits per heavy atom. The van der Waals surface area contributed by atoms with Crippen molar-refractivity contribution in [3.63, 3.8) is 0 Å². The Morgan fingerprint density at radius 2 is 1.63 bits per heavy atom. The van der Waals surface area contributed by atoms with E-state index in [-0.39, 0.29) is 22.6 Å². The van der Waals surface area contributed by atoms with Crippen LogP contribution < -0.4 is 4.18 Å². The van der Waals surface area contributed by atoms with Crippen molar-refractivity contribution in [3.05, 3.63) is 59.9 Å². The minimum atomic E-state index is -4.05. The highest BCUT2D eigenvalue weighted by Gasteiger charge is 2.22. The molecule has 0 saturated heterocycles. The van der Waals surface area contributed by atoms with Crippen molar-refractivity contribution in [2.45, 2.75) is 43.6 Å². The molecule has 146 valence electrons. The van der Waals surface area contributed by atoms with Gasteiger partial charge in [-0.1, -0.05) is 12.1 Å². The second kappa shape index (κ2) is 8.71. The lowest BCUT2D eigenvalue weighted by Gasteiger charge is -2.28. The SMILES string of the molecule is CC(C)N(Cc1ccc(OS(=O)(=O)c2ccc(F)cc2)cc1)C(=O)[C@H](C)Cl. The molecule has 0 aliphatic rings. The summed E-state index contributed by atoms with van der Waals surface area (Å²) in [5.74, 6) is -0.587. The molecule has 0 aliphatic heterocycles. The van der Waals surface area contributed by atoms with E-state index in [1.165, 1.54) is 12.1 Å². The Hall–Kier alpha value is -2.12. The second-order valence-electron chi connectivity index (χ2n) is 6.31. The molecule has 0 unspecified atom stereocenters. The average molecular weight is 414 g/mol. The molecule has 1 amide bonds. The zero-order valence-corrected chi connectivity index (χ0v) is 16.8.